The summed E-state index contributed by atoms with van der Waals surface area (Å²) in [7, 11) is 0. The Balaban J connectivity index is 2.39. The first kappa shape index (κ1) is 9.52. The van der Waals surface area contributed by atoms with Crippen molar-refractivity contribution >= 4 is 0 Å². The van der Waals surface area contributed by atoms with Crippen molar-refractivity contribution in [2.24, 2.45) is 5.73 Å². The third-order valence-corrected chi connectivity index (χ3v) is 2.76. The predicted molar refractivity (Wildman–Crippen MR) is 55.5 cm³/mol. The summed E-state index contributed by atoms with van der Waals surface area (Å²) >= 11 is 0. The maximum Gasteiger partial charge on any atom is 0.270 e. The third kappa shape index (κ3) is 1.50. The van der Waals surface area contributed by atoms with E-state index in [0.29, 0.717) is 19.0 Å². The fourth-order valence-corrected chi connectivity index (χ4v) is 1.82. The van der Waals surface area contributed by atoms with Crippen LogP contribution in [0.3, 0.4) is 0 Å². The third-order valence-electron chi connectivity index (χ3n) is 2.76. The van der Waals surface area contributed by atoms with E-state index in [0.717, 1.165) is 30.5 Å². The smallest absolute Gasteiger partial charge is 0.270 e. The van der Waals surface area contributed by atoms with E-state index in [-0.39, 0.29) is 5.56 Å². The van der Waals surface area contributed by atoms with Crippen molar-refractivity contribution in [3.8, 4) is 0 Å². The van der Waals surface area contributed by atoms with E-state index < -0.39 is 0 Å². The number of rotatable bonds is 4. The van der Waals surface area contributed by atoms with E-state index in [4.69, 9.17) is 5.73 Å². The van der Waals surface area contributed by atoms with Gasteiger partial charge in [0.2, 0.25) is 0 Å². The Kier molecular flexibility index (Phi) is 2.46. The van der Waals surface area contributed by atoms with Crippen LogP contribution in [0, 0.1) is 0 Å². The highest BCUT2D eigenvalue weighted by Gasteiger charge is 2.27. The van der Waals surface area contributed by atoms with Crippen molar-refractivity contribution < 1.29 is 0 Å². The summed E-state index contributed by atoms with van der Waals surface area (Å²) in [5.74, 6) is 0. The molecule has 1 aliphatic rings. The van der Waals surface area contributed by atoms with Crippen molar-refractivity contribution in [3.63, 3.8) is 0 Å². The normalized spacial score (nSPS) is 16.1. The van der Waals surface area contributed by atoms with E-state index in [1.54, 1.807) is 4.68 Å². The lowest BCUT2D eigenvalue weighted by Gasteiger charge is -1.95. The number of nitrogens with two attached hydrogens (primary N) is 1. The summed E-state index contributed by atoms with van der Waals surface area (Å²) in [6.07, 6.45) is 3.83. The Labute approximate surface area is 83.1 Å². The first-order valence-corrected chi connectivity index (χ1v) is 5.30. The highest BCUT2D eigenvalue weighted by atomic mass is 16.1. The Hall–Kier alpha value is -1.03. The molecule has 3 N–H and O–H groups in total. The van der Waals surface area contributed by atoms with Gasteiger partial charge in [0.1, 0.15) is 0 Å². The second kappa shape index (κ2) is 3.61. The van der Waals surface area contributed by atoms with Crippen LogP contribution in [-0.2, 0) is 12.8 Å². The molecule has 4 heteroatoms. The average Bonchev–Trinajstić information content (AvgIpc) is 2.96. The maximum atomic E-state index is 11.9. The van der Waals surface area contributed by atoms with Crippen LogP contribution < -0.4 is 11.3 Å². The minimum absolute atomic E-state index is 0.148. The molecule has 1 aromatic rings. The van der Waals surface area contributed by atoms with Crippen molar-refractivity contribution in [3.05, 3.63) is 21.6 Å². The summed E-state index contributed by atoms with van der Waals surface area (Å²) in [5.41, 5.74) is 7.59. The molecule has 0 aliphatic heterocycles. The molecule has 0 atom stereocenters. The van der Waals surface area contributed by atoms with Gasteiger partial charge in [-0.25, -0.2) is 4.68 Å². The molecular formula is C10H17N3O. The van der Waals surface area contributed by atoms with Crippen LogP contribution in [0.1, 0.15) is 37.1 Å². The van der Waals surface area contributed by atoms with Crippen LogP contribution in [0.25, 0.3) is 0 Å². The first-order chi connectivity index (χ1) is 6.77. The van der Waals surface area contributed by atoms with Crippen molar-refractivity contribution in [1.29, 1.82) is 0 Å². The number of H-pyrrole nitrogens is 1. The second-order valence-corrected chi connectivity index (χ2v) is 3.87. The van der Waals surface area contributed by atoms with Crippen LogP contribution >= 0.6 is 0 Å². The van der Waals surface area contributed by atoms with Gasteiger partial charge in [-0.05, 0) is 32.2 Å². The zero-order valence-corrected chi connectivity index (χ0v) is 8.55. The highest BCUT2D eigenvalue weighted by molar-refractivity contribution is 5.18. The quantitative estimate of drug-likeness (QED) is 0.738. The maximum absolute atomic E-state index is 11.9. The van der Waals surface area contributed by atoms with Gasteiger partial charge in [0.15, 0.2) is 0 Å². The summed E-state index contributed by atoms with van der Waals surface area (Å²) in [6, 6.07) is 0.430. The SMILES string of the molecule is CCc1[nH]n(C2CC2)c(=O)c1CCN. The van der Waals surface area contributed by atoms with Gasteiger partial charge >= 0.3 is 0 Å². The summed E-state index contributed by atoms with van der Waals surface area (Å²) in [4.78, 5) is 11.9. The zero-order chi connectivity index (χ0) is 10.1. The standard InChI is InChI=1S/C10H17N3O/c1-2-9-8(5-6-11)10(14)13(12-9)7-3-4-7/h7,12H,2-6,11H2,1H3. The molecule has 1 aromatic heterocycles. The van der Waals surface area contributed by atoms with E-state index in [1.165, 1.54) is 0 Å². The number of nitrogens with zero attached hydrogens (tertiary/aromatic N) is 1. The van der Waals surface area contributed by atoms with Gasteiger partial charge in [-0.1, -0.05) is 6.92 Å². The summed E-state index contributed by atoms with van der Waals surface area (Å²) in [6.45, 7) is 2.60. The minimum Gasteiger partial charge on any atom is -0.330 e. The molecule has 0 saturated heterocycles. The van der Waals surface area contributed by atoms with Crippen molar-refractivity contribution in [2.75, 3.05) is 6.54 Å². The molecular weight excluding hydrogens is 178 g/mol. The van der Waals surface area contributed by atoms with E-state index in [2.05, 4.69) is 12.0 Å². The number of aromatic nitrogens is 2. The van der Waals surface area contributed by atoms with Gasteiger partial charge in [-0.15, -0.1) is 0 Å². The van der Waals surface area contributed by atoms with Crippen LogP contribution in [0.15, 0.2) is 4.79 Å². The Bertz CT molecular complexity index is 373. The Morgan fingerprint density at radius 2 is 2.29 bits per heavy atom. The Morgan fingerprint density at radius 3 is 2.79 bits per heavy atom. The number of aromatic amines is 1. The number of hydrogen-bond acceptors (Lipinski definition) is 2. The molecule has 4 nitrogen and oxygen atoms in total. The van der Waals surface area contributed by atoms with Gasteiger partial charge < -0.3 is 5.73 Å². The monoisotopic (exact) mass is 195 g/mol. The Morgan fingerprint density at radius 1 is 1.57 bits per heavy atom. The minimum atomic E-state index is 0.148. The van der Waals surface area contributed by atoms with Crippen molar-refractivity contribution in [1.82, 2.24) is 9.78 Å². The second-order valence-electron chi connectivity index (χ2n) is 3.87. The molecule has 14 heavy (non-hydrogen) atoms. The molecule has 2 rings (SSSR count). The lowest BCUT2D eigenvalue weighted by atomic mass is 10.1. The van der Waals surface area contributed by atoms with Crippen LogP contribution in [0.4, 0.5) is 0 Å². The lowest BCUT2D eigenvalue weighted by molar-refractivity contribution is 0.611. The molecule has 0 amide bonds. The van der Waals surface area contributed by atoms with E-state index in [9.17, 15) is 4.79 Å². The fraction of sp³-hybridized carbons (Fsp3) is 0.700. The van der Waals surface area contributed by atoms with Crippen molar-refractivity contribution in [2.45, 2.75) is 38.6 Å². The van der Waals surface area contributed by atoms with E-state index in [1.807, 2.05) is 0 Å². The molecule has 1 heterocycles. The predicted octanol–water partition coefficient (Wildman–Crippen LogP) is 0.575. The van der Waals surface area contributed by atoms with Crippen LogP contribution in [0.2, 0.25) is 0 Å². The number of nitrogens with one attached hydrogen (secondary N) is 1. The fourth-order valence-electron chi connectivity index (χ4n) is 1.82. The van der Waals surface area contributed by atoms with Gasteiger partial charge in [0.25, 0.3) is 5.56 Å². The van der Waals surface area contributed by atoms with Crippen LogP contribution in [-0.4, -0.2) is 16.3 Å². The summed E-state index contributed by atoms with van der Waals surface area (Å²) in [5, 5.41) is 3.20. The van der Waals surface area contributed by atoms with Gasteiger partial charge in [-0.2, -0.15) is 0 Å². The topological polar surface area (TPSA) is 63.8 Å². The average molecular weight is 195 g/mol. The van der Waals surface area contributed by atoms with Gasteiger partial charge in [0, 0.05) is 11.3 Å². The largest absolute Gasteiger partial charge is 0.330 e. The molecule has 1 aliphatic carbocycles. The zero-order valence-electron chi connectivity index (χ0n) is 8.55. The van der Waals surface area contributed by atoms with Crippen LogP contribution in [0.5, 0.6) is 0 Å². The molecule has 1 saturated carbocycles. The first-order valence-electron chi connectivity index (χ1n) is 5.30. The van der Waals surface area contributed by atoms with Gasteiger partial charge in [0.05, 0.1) is 6.04 Å². The molecule has 0 unspecified atom stereocenters. The number of hydrogen-bond donors (Lipinski definition) is 2. The molecule has 1 fully saturated rings. The number of aryl methyl sites for hydroxylation is 1. The van der Waals surface area contributed by atoms with Gasteiger partial charge in [-0.3, -0.25) is 9.89 Å². The molecule has 0 radical (unpaired) electrons. The molecule has 0 bridgehead atoms. The molecule has 78 valence electrons. The van der Waals surface area contributed by atoms with E-state index >= 15 is 0 Å². The summed E-state index contributed by atoms with van der Waals surface area (Å²) < 4.78 is 1.78. The molecule has 0 aromatic carbocycles. The lowest BCUT2D eigenvalue weighted by Crippen LogP contribution is -2.19. The molecule has 0 spiro atoms. The highest BCUT2D eigenvalue weighted by Crippen LogP contribution is 2.33.